The Morgan fingerprint density at radius 3 is 1.86 bits per heavy atom. The highest BCUT2D eigenvalue weighted by atomic mass is 16.3. The fourth-order valence-corrected chi connectivity index (χ4v) is 8.41. The zero-order chi connectivity index (χ0) is 33.6. The minimum atomic E-state index is -0.191. The van der Waals surface area contributed by atoms with Gasteiger partial charge in [-0.05, 0) is 77.2 Å². The van der Waals surface area contributed by atoms with Crippen molar-refractivity contribution in [2.24, 2.45) is 0 Å². The van der Waals surface area contributed by atoms with Gasteiger partial charge < -0.3 is 8.98 Å². The van der Waals surface area contributed by atoms with Gasteiger partial charge in [-0.3, -0.25) is 0 Å². The Balaban J connectivity index is 1.44. The fraction of sp³-hybridized carbons (Fsp3) is 0.0833. The summed E-state index contributed by atoms with van der Waals surface area (Å²) in [6.45, 7) is 6.96. The van der Waals surface area contributed by atoms with Gasteiger partial charge in [0.15, 0.2) is 0 Å². The third-order valence-corrected chi connectivity index (χ3v) is 10.4. The molecule has 0 saturated heterocycles. The van der Waals surface area contributed by atoms with Gasteiger partial charge >= 0.3 is 0 Å². The molecule has 0 radical (unpaired) electrons. The number of hydrogen-bond acceptors (Lipinski definition) is 1. The van der Waals surface area contributed by atoms with E-state index in [0.717, 1.165) is 33.1 Å². The smallest absolute Gasteiger partial charge is 0.144 e. The van der Waals surface area contributed by atoms with Crippen LogP contribution in [0.1, 0.15) is 20.8 Å². The van der Waals surface area contributed by atoms with Crippen LogP contribution in [0.15, 0.2) is 162 Å². The molecule has 0 aliphatic rings. The van der Waals surface area contributed by atoms with E-state index >= 15 is 0 Å². The predicted molar refractivity (Wildman–Crippen MR) is 213 cm³/mol. The second-order valence-corrected chi connectivity index (χ2v) is 14.4. The molecule has 2 heteroatoms. The second kappa shape index (κ2) is 10.7. The zero-order valence-electron chi connectivity index (χ0n) is 28.4. The molecular formula is C48H35NO. The van der Waals surface area contributed by atoms with Gasteiger partial charge in [-0.1, -0.05) is 140 Å². The lowest BCUT2D eigenvalue weighted by molar-refractivity contribution is 0.423. The number of rotatable bonds is 3. The number of benzene rings is 8. The van der Waals surface area contributed by atoms with Crippen LogP contribution in [0.3, 0.4) is 0 Å². The van der Waals surface area contributed by atoms with Crippen molar-refractivity contribution in [1.82, 2.24) is 4.57 Å². The van der Waals surface area contributed by atoms with Crippen LogP contribution < -0.4 is 0 Å². The maximum atomic E-state index is 6.98. The summed E-state index contributed by atoms with van der Waals surface area (Å²) < 4.78 is 9.54. The van der Waals surface area contributed by atoms with Crippen LogP contribution in [-0.4, -0.2) is 4.57 Å². The normalized spacial score (nSPS) is 12.3. The molecule has 2 aromatic heterocycles. The summed E-state index contributed by atoms with van der Waals surface area (Å²) in [6, 6.07) is 57.3. The predicted octanol–water partition coefficient (Wildman–Crippen LogP) is 13.8. The molecular weight excluding hydrogens is 607 g/mol. The summed E-state index contributed by atoms with van der Waals surface area (Å²) in [6.07, 6.45) is 0. The van der Waals surface area contributed by atoms with E-state index in [1.54, 1.807) is 0 Å². The van der Waals surface area contributed by atoms with Crippen molar-refractivity contribution >= 4 is 65.3 Å². The molecule has 10 aromatic rings. The third kappa shape index (κ3) is 4.15. The Morgan fingerprint density at radius 1 is 0.460 bits per heavy atom. The molecule has 0 bridgehead atoms. The van der Waals surface area contributed by atoms with Crippen molar-refractivity contribution in [3.8, 4) is 33.4 Å². The second-order valence-electron chi connectivity index (χ2n) is 14.4. The maximum absolute atomic E-state index is 6.98. The van der Waals surface area contributed by atoms with Gasteiger partial charge in [0.1, 0.15) is 11.2 Å². The topological polar surface area (TPSA) is 18.1 Å². The summed E-state index contributed by atoms with van der Waals surface area (Å²) >= 11 is 0. The molecule has 8 aromatic carbocycles. The van der Waals surface area contributed by atoms with Gasteiger partial charge in [-0.25, -0.2) is 0 Å². The quantitative estimate of drug-likeness (QED) is 0.188. The first-order valence-electron chi connectivity index (χ1n) is 17.4. The van der Waals surface area contributed by atoms with E-state index in [4.69, 9.17) is 4.42 Å². The van der Waals surface area contributed by atoms with E-state index in [1.165, 1.54) is 65.6 Å². The lowest BCUT2D eigenvalue weighted by Gasteiger charge is -2.26. The van der Waals surface area contributed by atoms with Crippen molar-refractivity contribution in [1.29, 1.82) is 0 Å². The third-order valence-electron chi connectivity index (χ3n) is 10.4. The molecule has 2 nitrogen and oxygen atoms in total. The number of furan rings is 1. The molecule has 0 spiro atoms. The molecule has 50 heavy (non-hydrogen) atoms. The summed E-state index contributed by atoms with van der Waals surface area (Å²) in [7, 11) is 0. The number of hydrogen-bond donors (Lipinski definition) is 0. The number of para-hydroxylation sites is 2. The van der Waals surface area contributed by atoms with Crippen LogP contribution in [0.5, 0.6) is 0 Å². The molecule has 2 heterocycles. The molecule has 0 aliphatic heterocycles. The molecule has 0 atom stereocenters. The van der Waals surface area contributed by atoms with Crippen molar-refractivity contribution in [3.63, 3.8) is 0 Å². The Hall–Kier alpha value is -6.12. The van der Waals surface area contributed by atoms with Crippen LogP contribution >= 0.6 is 0 Å². The van der Waals surface area contributed by atoms with Gasteiger partial charge in [0.25, 0.3) is 0 Å². The molecule has 0 fully saturated rings. The standard InChI is InChI=1S/C48H35NO/c1-48(2,3)49-40-23-13-11-21-37(40)44-34(31-16-5-4-6-17-31)27-28-39(46(44)49)43-36-20-10-9-19-35(36)42(33-26-25-30-15-7-8-18-32(30)29-33)47-45(43)38-22-12-14-24-41(38)50-47/h4-29H,1-3H3. The van der Waals surface area contributed by atoms with E-state index in [1.807, 2.05) is 0 Å². The molecule has 0 N–H and O–H groups in total. The van der Waals surface area contributed by atoms with Gasteiger partial charge in [-0.15, -0.1) is 0 Å². The Kier molecular flexibility index (Phi) is 6.17. The molecule has 0 amide bonds. The van der Waals surface area contributed by atoms with Crippen LogP contribution in [0, 0.1) is 0 Å². The van der Waals surface area contributed by atoms with Crippen LogP contribution in [0.4, 0.5) is 0 Å². The lowest BCUT2D eigenvalue weighted by Crippen LogP contribution is -2.21. The summed E-state index contributed by atoms with van der Waals surface area (Å²) in [5.41, 5.74) is 11.3. The molecule has 0 unspecified atom stereocenters. The van der Waals surface area contributed by atoms with Crippen molar-refractivity contribution < 1.29 is 4.42 Å². The molecule has 238 valence electrons. The largest absolute Gasteiger partial charge is 0.455 e. The molecule has 0 aliphatic carbocycles. The Labute approximate surface area is 290 Å². The van der Waals surface area contributed by atoms with Gasteiger partial charge in [0.05, 0.1) is 5.52 Å². The van der Waals surface area contributed by atoms with Gasteiger partial charge in [-0.2, -0.15) is 0 Å². The van der Waals surface area contributed by atoms with E-state index in [-0.39, 0.29) is 5.54 Å². The van der Waals surface area contributed by atoms with E-state index in [2.05, 4.69) is 183 Å². The SMILES string of the molecule is CC(C)(C)n1c2ccccc2c2c(-c3ccccc3)ccc(-c3c4ccccc4c(-c4ccc5ccccc5c4)c4oc5ccccc5c34)c21. The summed E-state index contributed by atoms with van der Waals surface area (Å²) in [5.74, 6) is 0. The number of aromatic nitrogens is 1. The minimum Gasteiger partial charge on any atom is -0.455 e. The van der Waals surface area contributed by atoms with E-state index in [0.29, 0.717) is 0 Å². The van der Waals surface area contributed by atoms with Crippen molar-refractivity contribution in [3.05, 3.63) is 158 Å². The van der Waals surface area contributed by atoms with Crippen molar-refractivity contribution in [2.75, 3.05) is 0 Å². The lowest BCUT2D eigenvalue weighted by atomic mass is 9.86. The highest BCUT2D eigenvalue weighted by molar-refractivity contribution is 6.30. The van der Waals surface area contributed by atoms with E-state index in [9.17, 15) is 0 Å². The van der Waals surface area contributed by atoms with Gasteiger partial charge in [0, 0.05) is 49.3 Å². The number of nitrogens with zero attached hydrogens (tertiary/aromatic N) is 1. The summed E-state index contributed by atoms with van der Waals surface area (Å²) in [4.78, 5) is 0. The first kappa shape index (κ1) is 28.9. The minimum absolute atomic E-state index is 0.191. The van der Waals surface area contributed by atoms with Gasteiger partial charge in [0.2, 0.25) is 0 Å². The zero-order valence-corrected chi connectivity index (χ0v) is 28.4. The molecule has 0 saturated carbocycles. The van der Waals surface area contributed by atoms with Crippen LogP contribution in [-0.2, 0) is 5.54 Å². The monoisotopic (exact) mass is 641 g/mol. The average molecular weight is 642 g/mol. The summed E-state index contributed by atoms with van der Waals surface area (Å²) in [5, 5.41) is 9.68. The first-order chi connectivity index (χ1) is 24.5. The first-order valence-corrected chi connectivity index (χ1v) is 17.4. The van der Waals surface area contributed by atoms with Crippen molar-refractivity contribution in [2.45, 2.75) is 26.3 Å². The highest BCUT2D eigenvalue weighted by Gasteiger charge is 2.28. The van der Waals surface area contributed by atoms with Crippen LogP contribution in [0.2, 0.25) is 0 Å². The maximum Gasteiger partial charge on any atom is 0.144 e. The van der Waals surface area contributed by atoms with Crippen LogP contribution in [0.25, 0.3) is 98.7 Å². The fourth-order valence-electron chi connectivity index (χ4n) is 8.41. The highest BCUT2D eigenvalue weighted by Crippen LogP contribution is 2.51. The Morgan fingerprint density at radius 2 is 1.08 bits per heavy atom. The Bertz CT molecular complexity index is 2950. The van der Waals surface area contributed by atoms with E-state index < -0.39 is 0 Å². The average Bonchev–Trinajstić information content (AvgIpc) is 3.71. The number of fused-ring (bicyclic) bond motifs is 8. The molecule has 10 rings (SSSR count).